The fraction of sp³-hybridized carbons (Fsp3) is 0.259. The second-order valence-electron chi connectivity index (χ2n) is 8.47. The molecule has 38 heavy (non-hydrogen) atoms. The van der Waals surface area contributed by atoms with E-state index in [2.05, 4.69) is 20.1 Å². The van der Waals surface area contributed by atoms with Gasteiger partial charge >= 0.3 is 6.36 Å². The van der Waals surface area contributed by atoms with Crippen LogP contribution in [-0.2, 0) is 4.79 Å². The van der Waals surface area contributed by atoms with Crippen LogP contribution in [0.15, 0.2) is 78.2 Å². The number of pyridine rings is 1. The minimum Gasteiger partial charge on any atom is -0.493 e. The summed E-state index contributed by atoms with van der Waals surface area (Å²) in [4.78, 5) is 30.3. The van der Waals surface area contributed by atoms with Crippen molar-refractivity contribution < 1.29 is 32.2 Å². The summed E-state index contributed by atoms with van der Waals surface area (Å²) in [6.07, 6.45) is -2.21. The zero-order chi connectivity index (χ0) is 27.3. The summed E-state index contributed by atoms with van der Waals surface area (Å²) >= 11 is 0. The number of hydrogen-bond acceptors (Lipinski definition) is 6. The van der Waals surface area contributed by atoms with E-state index in [4.69, 9.17) is 4.74 Å². The van der Waals surface area contributed by atoms with E-state index in [-0.39, 0.29) is 24.0 Å². The molecule has 2 aromatic carbocycles. The Morgan fingerprint density at radius 1 is 1.11 bits per heavy atom. The molecule has 3 aromatic rings. The number of benzene rings is 2. The van der Waals surface area contributed by atoms with E-state index in [0.717, 1.165) is 6.07 Å². The molecule has 11 heteroatoms. The maximum atomic E-state index is 13.3. The zero-order valence-corrected chi connectivity index (χ0v) is 20.6. The maximum Gasteiger partial charge on any atom is 0.573 e. The lowest BCUT2D eigenvalue weighted by molar-refractivity contribution is -0.275. The largest absolute Gasteiger partial charge is 0.573 e. The van der Waals surface area contributed by atoms with Gasteiger partial charge in [-0.25, -0.2) is 5.01 Å². The summed E-state index contributed by atoms with van der Waals surface area (Å²) in [7, 11) is 1.23. The van der Waals surface area contributed by atoms with E-state index in [9.17, 15) is 22.8 Å². The van der Waals surface area contributed by atoms with Crippen LogP contribution in [0.5, 0.6) is 11.5 Å². The van der Waals surface area contributed by atoms with E-state index >= 15 is 0 Å². The fourth-order valence-electron chi connectivity index (χ4n) is 4.16. The first-order valence-electron chi connectivity index (χ1n) is 11.8. The topological polar surface area (TPSA) is 93.1 Å². The Bertz CT molecular complexity index is 1320. The van der Waals surface area contributed by atoms with Crippen LogP contribution < -0.4 is 14.8 Å². The third-order valence-corrected chi connectivity index (χ3v) is 6.03. The highest BCUT2D eigenvalue weighted by Gasteiger charge is 2.36. The van der Waals surface area contributed by atoms with Gasteiger partial charge < -0.3 is 14.8 Å². The standard InChI is InChI=1S/C27H25F3N4O4/c1-3-17-16-23(35)34(33-24(17)20-9-10-21(22(15-20)37-2)38-27(28,29)30)25(18-7-5-4-6-8-18)32-26(36)19-11-13-31-14-12-19/h4-15,17,25H,3,16H2,1-2H3,(H,32,36). The summed E-state index contributed by atoms with van der Waals surface area (Å²) in [6, 6.07) is 16.0. The predicted molar refractivity (Wildman–Crippen MR) is 132 cm³/mol. The number of alkyl halides is 3. The molecule has 0 bridgehead atoms. The third kappa shape index (κ3) is 6.10. The van der Waals surface area contributed by atoms with Crippen molar-refractivity contribution in [1.82, 2.24) is 15.3 Å². The van der Waals surface area contributed by atoms with Crippen LogP contribution in [0, 0.1) is 5.92 Å². The number of methoxy groups -OCH3 is 1. The molecule has 0 saturated carbocycles. The van der Waals surface area contributed by atoms with Crippen molar-refractivity contribution in [1.29, 1.82) is 0 Å². The molecule has 0 saturated heterocycles. The van der Waals surface area contributed by atoms with Gasteiger partial charge in [-0.2, -0.15) is 5.10 Å². The summed E-state index contributed by atoms with van der Waals surface area (Å²) in [6.45, 7) is 1.89. The Morgan fingerprint density at radius 3 is 2.45 bits per heavy atom. The highest BCUT2D eigenvalue weighted by Crippen LogP contribution is 2.35. The second kappa shape index (κ2) is 11.3. The molecule has 4 rings (SSSR count). The number of hydrazone groups is 1. The fourth-order valence-corrected chi connectivity index (χ4v) is 4.16. The molecule has 0 radical (unpaired) electrons. The molecule has 2 amide bonds. The summed E-state index contributed by atoms with van der Waals surface area (Å²) in [5, 5.41) is 8.73. The highest BCUT2D eigenvalue weighted by molar-refractivity contribution is 6.06. The van der Waals surface area contributed by atoms with Crippen LogP contribution in [-0.4, -0.2) is 41.0 Å². The molecule has 0 spiro atoms. The maximum absolute atomic E-state index is 13.3. The number of ether oxygens (including phenoxy) is 2. The average Bonchev–Trinajstić information content (AvgIpc) is 2.92. The first-order valence-corrected chi connectivity index (χ1v) is 11.8. The molecule has 1 N–H and O–H groups in total. The first-order chi connectivity index (χ1) is 18.2. The van der Waals surface area contributed by atoms with Gasteiger partial charge in [0, 0.05) is 35.9 Å². The minimum absolute atomic E-state index is 0.0902. The molecule has 1 aliphatic rings. The summed E-state index contributed by atoms with van der Waals surface area (Å²) in [5.74, 6) is -1.67. The van der Waals surface area contributed by atoms with Crippen molar-refractivity contribution >= 4 is 17.5 Å². The molecule has 2 heterocycles. The van der Waals surface area contributed by atoms with Crippen LogP contribution in [0.4, 0.5) is 13.2 Å². The lowest BCUT2D eigenvalue weighted by atomic mass is 9.89. The Labute approximate surface area is 217 Å². The second-order valence-corrected chi connectivity index (χ2v) is 8.47. The lowest BCUT2D eigenvalue weighted by Crippen LogP contribution is -2.46. The monoisotopic (exact) mass is 526 g/mol. The summed E-state index contributed by atoms with van der Waals surface area (Å²) < 4.78 is 47.6. The number of rotatable bonds is 8. The molecular weight excluding hydrogens is 501 g/mol. The van der Waals surface area contributed by atoms with Crippen molar-refractivity contribution in [3.63, 3.8) is 0 Å². The molecule has 1 aromatic heterocycles. The number of nitrogens with zero attached hydrogens (tertiary/aromatic N) is 3. The third-order valence-electron chi connectivity index (χ3n) is 6.03. The van der Waals surface area contributed by atoms with Crippen LogP contribution in [0.2, 0.25) is 0 Å². The molecule has 2 atom stereocenters. The minimum atomic E-state index is -4.89. The molecule has 8 nitrogen and oxygen atoms in total. The number of hydrogen-bond donors (Lipinski definition) is 1. The number of amides is 2. The van der Waals surface area contributed by atoms with Crippen LogP contribution >= 0.6 is 0 Å². The Balaban J connectivity index is 1.75. The molecule has 198 valence electrons. The van der Waals surface area contributed by atoms with Crippen molar-refractivity contribution in [2.75, 3.05) is 7.11 Å². The Morgan fingerprint density at radius 2 is 1.82 bits per heavy atom. The van der Waals surface area contributed by atoms with Gasteiger partial charge in [-0.05, 0) is 42.3 Å². The Kier molecular flexibility index (Phi) is 7.94. The molecular formula is C27H25F3N4O4. The van der Waals surface area contributed by atoms with E-state index in [1.54, 1.807) is 36.4 Å². The molecule has 0 aliphatic carbocycles. The SMILES string of the molecule is CCC1CC(=O)N(C(NC(=O)c2ccncc2)c2ccccc2)N=C1c1ccc(OC(F)(F)F)c(OC)c1. The number of carbonyl (C=O) groups excluding carboxylic acids is 2. The van der Waals surface area contributed by atoms with E-state index in [1.807, 2.05) is 13.0 Å². The van der Waals surface area contributed by atoms with Gasteiger partial charge in [0.2, 0.25) is 5.91 Å². The number of aromatic nitrogens is 1. The van der Waals surface area contributed by atoms with Crippen molar-refractivity contribution in [3.05, 3.63) is 89.7 Å². The van der Waals surface area contributed by atoms with Crippen molar-refractivity contribution in [2.24, 2.45) is 11.0 Å². The van der Waals surface area contributed by atoms with Crippen LogP contribution in [0.3, 0.4) is 0 Å². The van der Waals surface area contributed by atoms with E-state index < -0.39 is 24.2 Å². The van der Waals surface area contributed by atoms with Crippen LogP contribution in [0.1, 0.15) is 47.4 Å². The zero-order valence-electron chi connectivity index (χ0n) is 20.6. The van der Waals surface area contributed by atoms with Gasteiger partial charge in [0.1, 0.15) is 0 Å². The molecule has 1 aliphatic heterocycles. The number of carbonyl (C=O) groups is 2. The Hall–Kier alpha value is -4.41. The van der Waals surface area contributed by atoms with Crippen molar-refractivity contribution in [3.8, 4) is 11.5 Å². The van der Waals surface area contributed by atoms with Gasteiger partial charge in [0.05, 0.1) is 12.8 Å². The van der Waals surface area contributed by atoms with Crippen molar-refractivity contribution in [2.45, 2.75) is 32.3 Å². The van der Waals surface area contributed by atoms with Crippen LogP contribution in [0.25, 0.3) is 0 Å². The molecule has 2 unspecified atom stereocenters. The van der Waals surface area contributed by atoms with Gasteiger partial charge in [-0.1, -0.05) is 37.3 Å². The smallest absolute Gasteiger partial charge is 0.493 e. The first kappa shape index (κ1) is 26.6. The van der Waals surface area contributed by atoms with Gasteiger partial charge in [-0.3, -0.25) is 14.6 Å². The number of halogens is 3. The predicted octanol–water partition coefficient (Wildman–Crippen LogP) is 5.08. The molecule has 0 fully saturated rings. The van der Waals surface area contributed by atoms with Gasteiger partial charge in [0.25, 0.3) is 5.91 Å². The summed E-state index contributed by atoms with van der Waals surface area (Å²) in [5.41, 5.74) is 1.91. The normalized spacial score (nSPS) is 16.4. The van der Waals surface area contributed by atoms with Gasteiger partial charge in [0.15, 0.2) is 17.7 Å². The number of nitrogens with one attached hydrogen (secondary N) is 1. The van der Waals surface area contributed by atoms with E-state index in [1.165, 1.54) is 36.6 Å². The highest BCUT2D eigenvalue weighted by atomic mass is 19.4. The average molecular weight is 527 g/mol. The van der Waals surface area contributed by atoms with E-state index in [0.29, 0.717) is 28.8 Å². The lowest BCUT2D eigenvalue weighted by Gasteiger charge is -2.35. The quantitative estimate of drug-likeness (QED) is 0.442. The van der Waals surface area contributed by atoms with Gasteiger partial charge in [-0.15, -0.1) is 13.2 Å².